The molecule has 0 saturated carbocycles. The lowest BCUT2D eigenvalue weighted by molar-refractivity contribution is 0.222. The number of halogens is 2. The Bertz CT molecular complexity index is 348. The first-order chi connectivity index (χ1) is 7.70. The maximum absolute atomic E-state index is 13.8. The van der Waals surface area contributed by atoms with Crippen molar-refractivity contribution in [2.24, 2.45) is 0 Å². The number of aromatic nitrogens is 2. The standard InChI is InChI=1S/C9H14BrFN4S/c1-2-12-7-3-4-15(5-6(7)11)9-14-13-8(10)16-9/h6-7,12H,2-5H2,1H3/t6-,7+/m0/s1. The minimum Gasteiger partial charge on any atom is -0.344 e. The lowest BCUT2D eigenvalue weighted by Gasteiger charge is -2.34. The smallest absolute Gasteiger partial charge is 0.209 e. The van der Waals surface area contributed by atoms with Crippen molar-refractivity contribution in [3.63, 3.8) is 0 Å². The number of rotatable bonds is 3. The third-order valence-corrected chi connectivity index (χ3v) is 4.08. The minimum atomic E-state index is -0.837. The molecule has 1 aromatic rings. The van der Waals surface area contributed by atoms with E-state index in [0.29, 0.717) is 6.54 Å². The molecule has 0 aromatic carbocycles. The first kappa shape index (κ1) is 12.2. The molecule has 0 aliphatic carbocycles. The average molecular weight is 309 g/mol. The molecule has 0 amide bonds. The van der Waals surface area contributed by atoms with Crippen molar-refractivity contribution >= 4 is 32.4 Å². The lowest BCUT2D eigenvalue weighted by Crippen LogP contribution is -2.50. The van der Waals surface area contributed by atoms with Crippen LogP contribution in [0.3, 0.4) is 0 Å². The van der Waals surface area contributed by atoms with Gasteiger partial charge >= 0.3 is 0 Å². The second kappa shape index (κ2) is 5.37. The van der Waals surface area contributed by atoms with Gasteiger partial charge in [0.1, 0.15) is 6.17 Å². The number of piperidine rings is 1. The van der Waals surface area contributed by atoms with E-state index in [1.807, 2.05) is 11.8 Å². The maximum atomic E-state index is 13.8. The van der Waals surface area contributed by atoms with E-state index < -0.39 is 6.17 Å². The third kappa shape index (κ3) is 2.70. The highest BCUT2D eigenvalue weighted by Gasteiger charge is 2.29. The van der Waals surface area contributed by atoms with Crippen LogP contribution in [-0.2, 0) is 0 Å². The molecule has 1 aromatic heterocycles. The van der Waals surface area contributed by atoms with E-state index in [4.69, 9.17) is 0 Å². The van der Waals surface area contributed by atoms with Gasteiger partial charge in [0.2, 0.25) is 5.13 Å². The third-order valence-electron chi connectivity index (χ3n) is 2.67. The first-order valence-corrected chi connectivity index (χ1v) is 6.93. The summed E-state index contributed by atoms with van der Waals surface area (Å²) >= 11 is 4.71. The summed E-state index contributed by atoms with van der Waals surface area (Å²) in [6, 6.07) is -0.0161. The molecule has 16 heavy (non-hydrogen) atoms. The molecule has 7 heteroatoms. The second-order valence-corrected chi connectivity index (χ2v) is 5.98. The Kier molecular flexibility index (Phi) is 4.10. The molecule has 1 N–H and O–H groups in total. The van der Waals surface area contributed by atoms with Crippen molar-refractivity contribution in [2.75, 3.05) is 24.5 Å². The molecule has 4 nitrogen and oxygen atoms in total. The summed E-state index contributed by atoms with van der Waals surface area (Å²) in [7, 11) is 0. The van der Waals surface area contributed by atoms with E-state index in [2.05, 4.69) is 31.4 Å². The van der Waals surface area contributed by atoms with Crippen LogP contribution in [0.4, 0.5) is 9.52 Å². The zero-order valence-electron chi connectivity index (χ0n) is 8.99. The number of anilines is 1. The molecule has 1 aliphatic rings. The van der Waals surface area contributed by atoms with E-state index in [9.17, 15) is 4.39 Å². The SMILES string of the molecule is CCN[C@@H]1CCN(c2nnc(Br)s2)C[C@@H]1F. The molecule has 90 valence electrons. The number of hydrogen-bond donors (Lipinski definition) is 1. The van der Waals surface area contributed by atoms with Gasteiger partial charge < -0.3 is 10.2 Å². The van der Waals surface area contributed by atoms with Crippen LogP contribution in [0.25, 0.3) is 0 Å². The molecule has 1 aliphatic heterocycles. The summed E-state index contributed by atoms with van der Waals surface area (Å²) in [6.07, 6.45) is -0.0250. The Hall–Kier alpha value is -0.270. The fourth-order valence-corrected chi connectivity index (χ4v) is 3.02. The molecule has 0 unspecified atom stereocenters. The van der Waals surface area contributed by atoms with E-state index in [-0.39, 0.29) is 6.04 Å². The lowest BCUT2D eigenvalue weighted by atomic mass is 10.0. The van der Waals surface area contributed by atoms with Gasteiger partial charge in [0.05, 0.1) is 6.54 Å². The Balaban J connectivity index is 1.96. The molecular weight excluding hydrogens is 295 g/mol. The molecule has 2 heterocycles. The summed E-state index contributed by atoms with van der Waals surface area (Å²) in [5, 5.41) is 11.8. The monoisotopic (exact) mass is 308 g/mol. The topological polar surface area (TPSA) is 41.0 Å². The largest absolute Gasteiger partial charge is 0.344 e. The van der Waals surface area contributed by atoms with Gasteiger partial charge in [-0.3, -0.25) is 0 Å². The molecule has 0 radical (unpaired) electrons. The van der Waals surface area contributed by atoms with Gasteiger partial charge in [-0.25, -0.2) is 4.39 Å². The molecule has 1 saturated heterocycles. The Morgan fingerprint density at radius 3 is 3.00 bits per heavy atom. The summed E-state index contributed by atoms with van der Waals surface area (Å²) in [4.78, 5) is 1.96. The minimum absolute atomic E-state index is 0.0161. The van der Waals surface area contributed by atoms with Gasteiger partial charge in [0.15, 0.2) is 3.92 Å². The van der Waals surface area contributed by atoms with Crippen LogP contribution in [0.5, 0.6) is 0 Å². The van der Waals surface area contributed by atoms with Crippen molar-refractivity contribution in [2.45, 2.75) is 25.6 Å². The summed E-state index contributed by atoms with van der Waals surface area (Å²) < 4.78 is 14.6. The number of nitrogens with zero attached hydrogens (tertiary/aromatic N) is 3. The second-order valence-electron chi connectivity index (χ2n) is 3.75. The zero-order valence-corrected chi connectivity index (χ0v) is 11.4. The van der Waals surface area contributed by atoms with Gasteiger partial charge in [0, 0.05) is 12.6 Å². The molecule has 2 rings (SSSR count). The Morgan fingerprint density at radius 1 is 1.62 bits per heavy atom. The summed E-state index contributed by atoms with van der Waals surface area (Å²) in [5.41, 5.74) is 0. The van der Waals surface area contributed by atoms with Crippen LogP contribution >= 0.6 is 27.3 Å². The highest BCUT2D eigenvalue weighted by atomic mass is 79.9. The predicted molar refractivity (Wildman–Crippen MR) is 66.8 cm³/mol. The van der Waals surface area contributed by atoms with E-state index in [0.717, 1.165) is 28.6 Å². The van der Waals surface area contributed by atoms with E-state index in [1.165, 1.54) is 11.3 Å². The van der Waals surface area contributed by atoms with E-state index >= 15 is 0 Å². The van der Waals surface area contributed by atoms with Crippen molar-refractivity contribution in [1.29, 1.82) is 0 Å². The van der Waals surface area contributed by atoms with Gasteiger partial charge in [-0.1, -0.05) is 18.3 Å². The average Bonchev–Trinajstić information content (AvgIpc) is 2.68. The summed E-state index contributed by atoms with van der Waals surface area (Å²) in [5.74, 6) is 0. The van der Waals surface area contributed by atoms with Gasteiger partial charge in [0.25, 0.3) is 0 Å². The number of hydrogen-bond acceptors (Lipinski definition) is 5. The highest BCUT2D eigenvalue weighted by molar-refractivity contribution is 9.11. The van der Waals surface area contributed by atoms with Crippen LogP contribution in [0.2, 0.25) is 0 Å². The van der Waals surface area contributed by atoms with Crippen LogP contribution in [0.15, 0.2) is 3.92 Å². The van der Waals surface area contributed by atoms with Crippen molar-refractivity contribution in [3.8, 4) is 0 Å². The first-order valence-electron chi connectivity index (χ1n) is 5.32. The van der Waals surface area contributed by atoms with Crippen molar-refractivity contribution in [1.82, 2.24) is 15.5 Å². The van der Waals surface area contributed by atoms with Crippen LogP contribution in [0.1, 0.15) is 13.3 Å². The van der Waals surface area contributed by atoms with Gasteiger partial charge in [-0.05, 0) is 28.9 Å². The quantitative estimate of drug-likeness (QED) is 0.925. The van der Waals surface area contributed by atoms with Crippen LogP contribution in [-0.4, -0.2) is 42.0 Å². The maximum Gasteiger partial charge on any atom is 0.209 e. The van der Waals surface area contributed by atoms with Gasteiger partial charge in [-0.15, -0.1) is 10.2 Å². The highest BCUT2D eigenvalue weighted by Crippen LogP contribution is 2.27. The normalized spacial score (nSPS) is 26.1. The molecule has 0 bridgehead atoms. The Labute approximate surface area is 106 Å². The van der Waals surface area contributed by atoms with Gasteiger partial charge in [-0.2, -0.15) is 0 Å². The zero-order chi connectivity index (χ0) is 11.5. The molecular formula is C9H14BrFN4S. The van der Waals surface area contributed by atoms with E-state index in [1.54, 1.807) is 0 Å². The van der Waals surface area contributed by atoms with Crippen molar-refractivity contribution < 1.29 is 4.39 Å². The van der Waals surface area contributed by atoms with Crippen LogP contribution in [0, 0.1) is 0 Å². The number of nitrogens with one attached hydrogen (secondary N) is 1. The molecule has 2 atom stereocenters. The van der Waals surface area contributed by atoms with Crippen molar-refractivity contribution in [3.05, 3.63) is 3.92 Å². The predicted octanol–water partition coefficient (Wildman–Crippen LogP) is 1.83. The van der Waals surface area contributed by atoms with Crippen LogP contribution < -0.4 is 10.2 Å². The Morgan fingerprint density at radius 2 is 2.44 bits per heavy atom. The molecule has 1 fully saturated rings. The fraction of sp³-hybridized carbons (Fsp3) is 0.778. The fourth-order valence-electron chi connectivity index (χ4n) is 1.90. The number of alkyl halides is 1. The summed E-state index contributed by atoms with van der Waals surface area (Å²) in [6.45, 7) is 4.05. The molecule has 0 spiro atoms.